The zero-order valence-corrected chi connectivity index (χ0v) is 6.09. The zero-order valence-electron chi connectivity index (χ0n) is 6.09. The summed E-state index contributed by atoms with van der Waals surface area (Å²) in [6.07, 6.45) is 3.28. The van der Waals surface area contributed by atoms with Crippen molar-refractivity contribution in [1.82, 2.24) is 0 Å². The lowest BCUT2D eigenvalue weighted by molar-refractivity contribution is -0.161. The van der Waals surface area contributed by atoms with E-state index in [1.54, 1.807) is 0 Å². The van der Waals surface area contributed by atoms with Crippen LogP contribution in [-0.4, -0.2) is 23.8 Å². The van der Waals surface area contributed by atoms with Gasteiger partial charge >= 0.3 is 5.97 Å². The number of hydrogen-bond acceptors (Lipinski definition) is 2. The summed E-state index contributed by atoms with van der Waals surface area (Å²) in [6, 6.07) is 0. The molecule has 1 N–H and O–H groups in total. The van der Waals surface area contributed by atoms with E-state index in [9.17, 15) is 4.79 Å². The molecular formula is C7H12O3. The van der Waals surface area contributed by atoms with Crippen molar-refractivity contribution in [3.63, 3.8) is 0 Å². The molecule has 1 fully saturated rings. The summed E-state index contributed by atoms with van der Waals surface area (Å²) in [5.74, 6) is -0.813. The summed E-state index contributed by atoms with van der Waals surface area (Å²) in [4.78, 5) is 10.6. The number of ether oxygens (including phenoxy) is 1. The summed E-state index contributed by atoms with van der Waals surface area (Å²) >= 11 is 0. The molecule has 0 saturated heterocycles. The minimum absolute atomic E-state index is 0.666. The van der Waals surface area contributed by atoms with Crippen LogP contribution in [0.3, 0.4) is 0 Å². The van der Waals surface area contributed by atoms with Gasteiger partial charge in [-0.15, -0.1) is 0 Å². The second-order valence-electron chi connectivity index (χ2n) is 2.71. The van der Waals surface area contributed by atoms with Crippen LogP contribution in [0.5, 0.6) is 0 Å². The maximum absolute atomic E-state index is 10.6. The number of carboxylic acids is 1. The van der Waals surface area contributed by atoms with Gasteiger partial charge in [0.15, 0.2) is 5.60 Å². The van der Waals surface area contributed by atoms with Gasteiger partial charge in [-0.3, -0.25) is 0 Å². The van der Waals surface area contributed by atoms with Gasteiger partial charge in [0.1, 0.15) is 0 Å². The summed E-state index contributed by atoms with van der Waals surface area (Å²) < 4.78 is 4.96. The van der Waals surface area contributed by atoms with E-state index in [0.717, 1.165) is 12.8 Å². The average Bonchev–Trinajstić information content (AvgIpc) is 2.35. The van der Waals surface area contributed by atoms with Crippen molar-refractivity contribution in [2.45, 2.75) is 31.3 Å². The van der Waals surface area contributed by atoms with Gasteiger partial charge in [-0.2, -0.15) is 0 Å². The van der Waals surface area contributed by atoms with Gasteiger partial charge in [0.05, 0.1) is 0 Å². The molecule has 0 aromatic heterocycles. The van der Waals surface area contributed by atoms with E-state index in [0.29, 0.717) is 12.8 Å². The highest BCUT2D eigenvalue weighted by Crippen LogP contribution is 2.32. The van der Waals surface area contributed by atoms with E-state index in [-0.39, 0.29) is 0 Å². The van der Waals surface area contributed by atoms with E-state index in [1.807, 2.05) is 0 Å². The molecule has 0 radical (unpaired) electrons. The van der Waals surface area contributed by atoms with Crippen molar-refractivity contribution < 1.29 is 14.6 Å². The summed E-state index contributed by atoms with van der Waals surface area (Å²) in [6.45, 7) is 0. The molecule has 0 amide bonds. The van der Waals surface area contributed by atoms with E-state index in [2.05, 4.69) is 0 Å². The second kappa shape index (κ2) is 2.58. The van der Waals surface area contributed by atoms with Crippen LogP contribution < -0.4 is 0 Å². The molecule has 0 aromatic carbocycles. The van der Waals surface area contributed by atoms with Crippen molar-refractivity contribution in [2.24, 2.45) is 0 Å². The molecule has 0 aromatic rings. The van der Waals surface area contributed by atoms with E-state index < -0.39 is 11.6 Å². The minimum Gasteiger partial charge on any atom is -0.479 e. The molecule has 10 heavy (non-hydrogen) atoms. The first-order valence-electron chi connectivity index (χ1n) is 3.50. The second-order valence-corrected chi connectivity index (χ2v) is 2.71. The summed E-state index contributed by atoms with van der Waals surface area (Å²) in [5, 5.41) is 8.74. The molecule has 0 atom stereocenters. The van der Waals surface area contributed by atoms with Crippen LogP contribution in [0.15, 0.2) is 0 Å². The van der Waals surface area contributed by atoms with Crippen molar-refractivity contribution in [1.29, 1.82) is 0 Å². The molecule has 1 rings (SSSR count). The predicted octanol–water partition coefficient (Wildman–Crippen LogP) is 1.03. The third-order valence-electron chi connectivity index (χ3n) is 2.19. The van der Waals surface area contributed by atoms with Crippen molar-refractivity contribution in [2.75, 3.05) is 7.11 Å². The van der Waals surface area contributed by atoms with Crippen molar-refractivity contribution in [3.8, 4) is 0 Å². The van der Waals surface area contributed by atoms with Crippen LogP contribution in [0, 0.1) is 0 Å². The lowest BCUT2D eigenvalue weighted by Gasteiger charge is -2.20. The van der Waals surface area contributed by atoms with Crippen molar-refractivity contribution in [3.05, 3.63) is 0 Å². The Morgan fingerprint density at radius 2 is 2.00 bits per heavy atom. The molecule has 0 aliphatic heterocycles. The molecule has 58 valence electrons. The number of carboxylic acid groups (broad SMARTS) is 1. The zero-order chi connectivity index (χ0) is 7.61. The monoisotopic (exact) mass is 144 g/mol. The van der Waals surface area contributed by atoms with Crippen LogP contribution in [0.2, 0.25) is 0 Å². The van der Waals surface area contributed by atoms with Gasteiger partial charge in [-0.25, -0.2) is 4.79 Å². The molecule has 0 heterocycles. The van der Waals surface area contributed by atoms with Gasteiger partial charge in [-0.1, -0.05) is 0 Å². The van der Waals surface area contributed by atoms with Crippen LogP contribution in [0.4, 0.5) is 0 Å². The fraction of sp³-hybridized carbons (Fsp3) is 0.857. The highest BCUT2D eigenvalue weighted by Gasteiger charge is 2.41. The first-order chi connectivity index (χ1) is 4.71. The molecular weight excluding hydrogens is 132 g/mol. The molecule has 0 unspecified atom stereocenters. The minimum atomic E-state index is -0.847. The Kier molecular flexibility index (Phi) is 1.94. The fourth-order valence-electron chi connectivity index (χ4n) is 1.45. The van der Waals surface area contributed by atoms with Crippen LogP contribution in [0.25, 0.3) is 0 Å². The Hall–Kier alpha value is -0.570. The molecule has 1 saturated carbocycles. The average molecular weight is 144 g/mol. The maximum atomic E-state index is 10.6. The predicted molar refractivity (Wildman–Crippen MR) is 35.8 cm³/mol. The van der Waals surface area contributed by atoms with Crippen LogP contribution >= 0.6 is 0 Å². The molecule has 1 aliphatic rings. The highest BCUT2D eigenvalue weighted by atomic mass is 16.5. The van der Waals surface area contributed by atoms with Crippen LogP contribution in [0.1, 0.15) is 25.7 Å². The summed E-state index contributed by atoms with van der Waals surface area (Å²) in [5.41, 5.74) is -0.847. The van der Waals surface area contributed by atoms with Crippen LogP contribution in [-0.2, 0) is 9.53 Å². The highest BCUT2D eigenvalue weighted by molar-refractivity contribution is 5.77. The normalized spacial score (nSPS) is 22.9. The Bertz CT molecular complexity index is 136. The fourth-order valence-corrected chi connectivity index (χ4v) is 1.45. The molecule has 0 spiro atoms. The van der Waals surface area contributed by atoms with E-state index in [4.69, 9.17) is 9.84 Å². The lowest BCUT2D eigenvalue weighted by Crippen LogP contribution is -2.37. The SMILES string of the molecule is COC1(C(=O)O)CCCC1. The topological polar surface area (TPSA) is 46.5 Å². The largest absolute Gasteiger partial charge is 0.479 e. The third kappa shape index (κ3) is 1.01. The lowest BCUT2D eigenvalue weighted by atomic mass is 10.0. The quantitative estimate of drug-likeness (QED) is 0.629. The standard InChI is InChI=1S/C7H12O3/c1-10-7(6(8)9)4-2-3-5-7/h2-5H2,1H3,(H,8,9). The van der Waals surface area contributed by atoms with Gasteiger partial charge < -0.3 is 9.84 Å². The van der Waals surface area contributed by atoms with E-state index in [1.165, 1.54) is 7.11 Å². The number of carbonyl (C=O) groups is 1. The van der Waals surface area contributed by atoms with Gasteiger partial charge in [0.2, 0.25) is 0 Å². The molecule has 3 heteroatoms. The molecule has 3 nitrogen and oxygen atoms in total. The molecule has 1 aliphatic carbocycles. The Balaban J connectivity index is 2.67. The smallest absolute Gasteiger partial charge is 0.335 e. The summed E-state index contributed by atoms with van der Waals surface area (Å²) in [7, 11) is 1.47. The van der Waals surface area contributed by atoms with Gasteiger partial charge in [-0.05, 0) is 25.7 Å². The first kappa shape index (κ1) is 7.54. The van der Waals surface area contributed by atoms with E-state index >= 15 is 0 Å². The van der Waals surface area contributed by atoms with Crippen molar-refractivity contribution >= 4 is 5.97 Å². The number of hydrogen-bond donors (Lipinski definition) is 1. The Morgan fingerprint density at radius 1 is 1.50 bits per heavy atom. The number of methoxy groups -OCH3 is 1. The van der Waals surface area contributed by atoms with Gasteiger partial charge in [0.25, 0.3) is 0 Å². The first-order valence-corrected chi connectivity index (χ1v) is 3.50. The number of aliphatic carboxylic acids is 1. The Morgan fingerprint density at radius 3 is 2.20 bits per heavy atom. The number of rotatable bonds is 2. The molecule has 0 bridgehead atoms. The third-order valence-corrected chi connectivity index (χ3v) is 2.19. The maximum Gasteiger partial charge on any atom is 0.335 e. The Labute approximate surface area is 60.0 Å². The van der Waals surface area contributed by atoms with Gasteiger partial charge in [0, 0.05) is 7.11 Å².